The number of amides is 3. The van der Waals surface area contributed by atoms with E-state index in [0.29, 0.717) is 23.2 Å². The van der Waals surface area contributed by atoms with Crippen molar-refractivity contribution in [3.8, 4) is 0 Å². The third kappa shape index (κ3) is 10.2. The molecule has 2 atom stereocenters. The van der Waals surface area contributed by atoms with Crippen molar-refractivity contribution < 1.29 is 28.7 Å². The number of hydrogen-bond donors (Lipinski definition) is 3. The van der Waals surface area contributed by atoms with Crippen molar-refractivity contribution in [2.75, 3.05) is 12.4 Å². The zero-order chi connectivity index (χ0) is 29.3. The molecule has 0 aliphatic carbocycles. The molecule has 0 saturated heterocycles. The second-order valence-corrected chi connectivity index (χ2v) is 11.1. The predicted octanol–water partition coefficient (Wildman–Crippen LogP) is 5.04. The van der Waals surface area contributed by atoms with E-state index in [1.807, 2.05) is 13.8 Å². The summed E-state index contributed by atoms with van der Waals surface area (Å²) in [6.45, 7) is 10.9. The Bertz CT molecular complexity index is 1150. The summed E-state index contributed by atoms with van der Waals surface area (Å²) in [6.07, 6.45) is -0.0810. The van der Waals surface area contributed by atoms with E-state index in [4.69, 9.17) is 21.1 Å². The number of nitrogens with one attached hydrogen (secondary N) is 3. The molecule has 2 rings (SSSR count). The van der Waals surface area contributed by atoms with Gasteiger partial charge in [0.25, 0.3) is 5.91 Å². The number of rotatable bonds is 10. The Morgan fingerprint density at radius 2 is 1.59 bits per heavy atom. The molecule has 39 heavy (non-hydrogen) atoms. The van der Waals surface area contributed by atoms with Crippen molar-refractivity contribution >= 4 is 41.2 Å². The Balaban J connectivity index is 2.10. The molecule has 0 spiro atoms. The molecule has 0 aliphatic rings. The molecule has 0 bridgehead atoms. The molecule has 0 aliphatic heterocycles. The molecule has 3 amide bonds. The van der Waals surface area contributed by atoms with Crippen LogP contribution in [-0.4, -0.2) is 48.7 Å². The number of ether oxygens (including phenoxy) is 2. The lowest BCUT2D eigenvalue weighted by atomic mass is 10.0. The highest BCUT2D eigenvalue weighted by molar-refractivity contribution is 6.34. The summed E-state index contributed by atoms with van der Waals surface area (Å²) in [4.78, 5) is 50.5. The van der Waals surface area contributed by atoms with Crippen LogP contribution in [0.25, 0.3) is 0 Å². The summed E-state index contributed by atoms with van der Waals surface area (Å²) in [5.41, 5.74) is 1.52. The van der Waals surface area contributed by atoms with Crippen LogP contribution in [0.5, 0.6) is 0 Å². The first kappa shape index (κ1) is 31.6. The van der Waals surface area contributed by atoms with Gasteiger partial charge in [-0.25, -0.2) is 9.59 Å². The van der Waals surface area contributed by atoms with Gasteiger partial charge < -0.3 is 25.4 Å². The highest BCUT2D eigenvalue weighted by Gasteiger charge is 2.26. The van der Waals surface area contributed by atoms with Crippen molar-refractivity contribution in [3.63, 3.8) is 0 Å². The largest absolute Gasteiger partial charge is 0.467 e. The lowest BCUT2D eigenvalue weighted by molar-refractivity contribution is -0.142. The molecule has 9 nitrogen and oxygen atoms in total. The van der Waals surface area contributed by atoms with Crippen LogP contribution in [-0.2, 0) is 25.5 Å². The molecule has 0 radical (unpaired) electrons. The van der Waals surface area contributed by atoms with Crippen LogP contribution in [0.4, 0.5) is 10.5 Å². The van der Waals surface area contributed by atoms with Gasteiger partial charge >= 0.3 is 12.1 Å². The SMILES string of the molecule is COC(=O)[C@H](Cc1ccc(NC(=O)[C@@H](CC(C)C)NC(=O)OC(C)(C)C)cc1)NC(=O)c1c(C)cccc1Cl. The summed E-state index contributed by atoms with van der Waals surface area (Å²) < 4.78 is 10.2. The zero-order valence-electron chi connectivity index (χ0n) is 23.5. The van der Waals surface area contributed by atoms with Crippen molar-refractivity contribution in [3.05, 3.63) is 64.2 Å². The predicted molar refractivity (Wildman–Crippen MR) is 151 cm³/mol. The number of hydrogen-bond acceptors (Lipinski definition) is 6. The van der Waals surface area contributed by atoms with Gasteiger partial charge in [0.05, 0.1) is 17.7 Å². The third-order valence-corrected chi connectivity index (χ3v) is 5.93. The van der Waals surface area contributed by atoms with E-state index in [9.17, 15) is 19.2 Å². The Morgan fingerprint density at radius 3 is 2.13 bits per heavy atom. The molecule has 0 unspecified atom stereocenters. The maximum absolute atomic E-state index is 13.0. The number of carbonyl (C=O) groups is 4. The van der Waals surface area contributed by atoms with Gasteiger partial charge in [0.1, 0.15) is 17.7 Å². The number of methoxy groups -OCH3 is 1. The minimum Gasteiger partial charge on any atom is -0.467 e. The molecule has 0 saturated carbocycles. The first-order valence-electron chi connectivity index (χ1n) is 12.7. The average molecular weight is 560 g/mol. The Labute approximate surface area is 235 Å². The van der Waals surface area contributed by atoms with Crippen LogP contribution in [0.15, 0.2) is 42.5 Å². The fourth-order valence-electron chi connectivity index (χ4n) is 3.83. The fourth-order valence-corrected chi connectivity index (χ4v) is 4.14. The standard InChI is InChI=1S/C29H38ClN3O6/c1-17(2)15-22(33-28(37)39-29(4,5)6)25(34)31-20-13-11-19(12-14-20)16-23(27(36)38-7)32-26(35)24-18(3)9-8-10-21(24)30/h8-14,17,22-23H,15-16H2,1-7H3,(H,31,34)(H,32,35)(H,33,37)/t22-,23+/m1/s1. The summed E-state index contributed by atoms with van der Waals surface area (Å²) in [5.74, 6) is -1.31. The molecule has 0 fully saturated rings. The Morgan fingerprint density at radius 1 is 0.949 bits per heavy atom. The van der Waals surface area contributed by atoms with E-state index >= 15 is 0 Å². The monoisotopic (exact) mass is 559 g/mol. The normalized spacial score (nSPS) is 12.7. The number of anilines is 1. The quantitative estimate of drug-likeness (QED) is 0.350. The third-order valence-electron chi connectivity index (χ3n) is 5.62. The van der Waals surface area contributed by atoms with E-state index in [0.717, 1.165) is 5.56 Å². The van der Waals surface area contributed by atoms with Gasteiger partial charge in [-0.2, -0.15) is 0 Å². The maximum atomic E-state index is 13.0. The van der Waals surface area contributed by atoms with Crippen LogP contribution >= 0.6 is 11.6 Å². The molecule has 0 heterocycles. The molecule has 3 N–H and O–H groups in total. The molecular weight excluding hydrogens is 522 g/mol. The lowest BCUT2D eigenvalue weighted by Gasteiger charge is -2.24. The smallest absolute Gasteiger partial charge is 0.408 e. The average Bonchev–Trinajstić information content (AvgIpc) is 2.82. The van der Waals surface area contributed by atoms with Crippen molar-refractivity contribution in [1.82, 2.24) is 10.6 Å². The molecular formula is C29H38ClN3O6. The van der Waals surface area contributed by atoms with E-state index < -0.39 is 35.7 Å². The number of halogens is 1. The van der Waals surface area contributed by atoms with Crippen LogP contribution in [0, 0.1) is 12.8 Å². The molecule has 0 aromatic heterocycles. The molecule has 10 heteroatoms. The van der Waals surface area contributed by atoms with Gasteiger partial charge in [-0.05, 0) is 69.4 Å². The first-order chi connectivity index (χ1) is 18.2. The summed E-state index contributed by atoms with van der Waals surface area (Å²) in [7, 11) is 1.25. The summed E-state index contributed by atoms with van der Waals surface area (Å²) in [6, 6.07) is 10.2. The number of aryl methyl sites for hydroxylation is 1. The van der Waals surface area contributed by atoms with Gasteiger partial charge in [0.2, 0.25) is 5.91 Å². The van der Waals surface area contributed by atoms with E-state index in [1.54, 1.807) is 70.2 Å². The van der Waals surface area contributed by atoms with Crippen molar-refractivity contribution in [2.45, 2.75) is 72.1 Å². The number of carbonyl (C=O) groups excluding carboxylic acids is 4. The number of alkyl carbamates (subject to hydrolysis) is 1. The van der Waals surface area contributed by atoms with Crippen LogP contribution in [0.3, 0.4) is 0 Å². The molecule has 212 valence electrons. The lowest BCUT2D eigenvalue weighted by Crippen LogP contribution is -2.46. The minimum absolute atomic E-state index is 0.151. The van der Waals surface area contributed by atoms with Crippen molar-refractivity contribution in [2.24, 2.45) is 5.92 Å². The Hall–Kier alpha value is -3.59. The zero-order valence-corrected chi connectivity index (χ0v) is 24.3. The summed E-state index contributed by atoms with van der Waals surface area (Å²) in [5, 5.41) is 8.45. The van der Waals surface area contributed by atoms with E-state index in [1.165, 1.54) is 7.11 Å². The van der Waals surface area contributed by atoms with Gasteiger partial charge in [-0.1, -0.05) is 49.7 Å². The second-order valence-electron chi connectivity index (χ2n) is 10.7. The number of benzene rings is 2. The van der Waals surface area contributed by atoms with Gasteiger partial charge in [-0.15, -0.1) is 0 Å². The van der Waals surface area contributed by atoms with Gasteiger partial charge in [0, 0.05) is 12.1 Å². The van der Waals surface area contributed by atoms with Crippen molar-refractivity contribution in [1.29, 1.82) is 0 Å². The van der Waals surface area contributed by atoms with Gasteiger partial charge in [0.15, 0.2) is 0 Å². The number of esters is 1. The second kappa shape index (κ2) is 14.0. The van der Waals surface area contributed by atoms with Crippen LogP contribution in [0.1, 0.15) is 62.5 Å². The maximum Gasteiger partial charge on any atom is 0.408 e. The Kier molecular flexibility index (Phi) is 11.3. The van der Waals surface area contributed by atoms with Gasteiger partial charge in [-0.3, -0.25) is 9.59 Å². The molecule has 2 aromatic carbocycles. The molecule has 2 aromatic rings. The van der Waals surface area contributed by atoms with Crippen LogP contribution in [0.2, 0.25) is 5.02 Å². The first-order valence-corrected chi connectivity index (χ1v) is 13.1. The van der Waals surface area contributed by atoms with Crippen LogP contribution < -0.4 is 16.0 Å². The summed E-state index contributed by atoms with van der Waals surface area (Å²) >= 11 is 6.20. The van der Waals surface area contributed by atoms with E-state index in [2.05, 4.69) is 16.0 Å². The highest BCUT2D eigenvalue weighted by Crippen LogP contribution is 2.20. The van der Waals surface area contributed by atoms with E-state index in [-0.39, 0.29) is 23.3 Å². The topological polar surface area (TPSA) is 123 Å². The highest BCUT2D eigenvalue weighted by atomic mass is 35.5. The fraction of sp³-hybridized carbons (Fsp3) is 0.448. The minimum atomic E-state index is -0.952.